The molecule has 0 aliphatic carbocycles. The van der Waals surface area contributed by atoms with Gasteiger partial charge in [0.2, 0.25) is 5.91 Å². The quantitative estimate of drug-likeness (QED) is 0.748. The maximum Gasteiger partial charge on any atom is 0.307 e. The highest BCUT2D eigenvalue weighted by Crippen LogP contribution is 2.11. The first-order valence-electron chi connectivity index (χ1n) is 8.28. The van der Waals surface area contributed by atoms with E-state index in [2.05, 4.69) is 15.4 Å². The molecule has 0 atom stereocenters. The first-order valence-corrected chi connectivity index (χ1v) is 8.28. The zero-order valence-corrected chi connectivity index (χ0v) is 14.9. The second-order valence-electron chi connectivity index (χ2n) is 5.87. The zero-order valence-electron chi connectivity index (χ0n) is 14.9. The Morgan fingerprint density at radius 2 is 1.62 bits per heavy atom. The molecule has 26 heavy (non-hydrogen) atoms. The Balaban J connectivity index is 1.84. The van der Waals surface area contributed by atoms with Crippen LogP contribution < -0.4 is 10.6 Å². The molecule has 0 aliphatic rings. The molecular weight excluding hydrogens is 332 g/mol. The number of anilines is 1. The first kappa shape index (κ1) is 19.2. The van der Waals surface area contributed by atoms with E-state index < -0.39 is 0 Å². The van der Waals surface area contributed by atoms with E-state index in [1.165, 1.54) is 7.11 Å². The minimum atomic E-state index is -0.378. The van der Waals surface area contributed by atoms with Crippen molar-refractivity contribution in [3.8, 4) is 0 Å². The van der Waals surface area contributed by atoms with Gasteiger partial charge in [0, 0.05) is 17.8 Å². The molecule has 6 heteroatoms. The number of ether oxygens (including phenoxy) is 1. The topological polar surface area (TPSA) is 84.5 Å². The molecule has 2 N–H and O–H groups in total. The van der Waals surface area contributed by atoms with Crippen molar-refractivity contribution in [3.05, 3.63) is 65.2 Å². The number of nitrogens with one attached hydrogen (secondary N) is 2. The van der Waals surface area contributed by atoms with E-state index in [0.29, 0.717) is 11.3 Å². The number of hydrogen-bond acceptors (Lipinski definition) is 4. The molecule has 6 nitrogen and oxygen atoms in total. The summed E-state index contributed by atoms with van der Waals surface area (Å²) in [6.07, 6.45) is 0.408. The standard InChI is InChI=1S/C20H22N2O4/c1-14-3-5-15(6-4-14)13-18(23)22-17-9-7-16(8-10-17)20(25)21-12-11-19(24)26-2/h3-10H,11-13H2,1-2H3,(H,21,25)(H,22,23). The van der Waals surface area contributed by atoms with Crippen LogP contribution in [-0.2, 0) is 20.7 Å². The van der Waals surface area contributed by atoms with Crippen LogP contribution in [0.4, 0.5) is 5.69 Å². The molecule has 0 heterocycles. The first-order chi connectivity index (χ1) is 12.5. The average Bonchev–Trinajstić information content (AvgIpc) is 2.64. The van der Waals surface area contributed by atoms with Gasteiger partial charge in [-0.05, 0) is 36.8 Å². The van der Waals surface area contributed by atoms with E-state index in [9.17, 15) is 14.4 Å². The van der Waals surface area contributed by atoms with Crippen LogP contribution in [0.15, 0.2) is 48.5 Å². The van der Waals surface area contributed by atoms with Crippen LogP contribution in [-0.4, -0.2) is 31.4 Å². The SMILES string of the molecule is COC(=O)CCNC(=O)c1ccc(NC(=O)Cc2ccc(C)cc2)cc1. The van der Waals surface area contributed by atoms with Gasteiger partial charge < -0.3 is 15.4 Å². The van der Waals surface area contributed by atoms with Gasteiger partial charge in [0.1, 0.15) is 0 Å². The van der Waals surface area contributed by atoms with Crippen LogP contribution >= 0.6 is 0 Å². The van der Waals surface area contributed by atoms with Crippen LogP contribution in [0.25, 0.3) is 0 Å². The van der Waals surface area contributed by atoms with Crippen molar-refractivity contribution in [2.24, 2.45) is 0 Å². The van der Waals surface area contributed by atoms with Gasteiger partial charge >= 0.3 is 5.97 Å². The molecule has 2 aromatic carbocycles. The van der Waals surface area contributed by atoms with Crippen molar-refractivity contribution in [1.82, 2.24) is 5.32 Å². The summed E-state index contributed by atoms with van der Waals surface area (Å²) in [5, 5.41) is 5.44. The Morgan fingerprint density at radius 1 is 0.962 bits per heavy atom. The molecule has 0 aromatic heterocycles. The molecular formula is C20H22N2O4. The summed E-state index contributed by atoms with van der Waals surface area (Å²) < 4.78 is 4.51. The third kappa shape index (κ3) is 6.05. The van der Waals surface area contributed by atoms with Gasteiger partial charge in [0.05, 0.1) is 20.0 Å². The highest BCUT2D eigenvalue weighted by molar-refractivity contribution is 5.96. The summed E-state index contributed by atoms with van der Waals surface area (Å²) in [5.41, 5.74) is 3.16. The lowest BCUT2D eigenvalue weighted by Crippen LogP contribution is -2.26. The second-order valence-corrected chi connectivity index (χ2v) is 5.87. The molecule has 0 unspecified atom stereocenters. The number of rotatable bonds is 7. The molecule has 0 saturated heterocycles. The lowest BCUT2D eigenvalue weighted by atomic mass is 10.1. The monoisotopic (exact) mass is 354 g/mol. The molecule has 0 radical (unpaired) electrons. The third-order valence-electron chi connectivity index (χ3n) is 3.76. The lowest BCUT2D eigenvalue weighted by Gasteiger charge is -2.08. The molecule has 0 bridgehead atoms. The number of methoxy groups -OCH3 is 1. The predicted molar refractivity (Wildman–Crippen MR) is 98.9 cm³/mol. The molecule has 0 spiro atoms. The molecule has 2 rings (SSSR count). The largest absolute Gasteiger partial charge is 0.469 e. The number of esters is 1. The van der Waals surface area contributed by atoms with Crippen LogP contribution in [0.3, 0.4) is 0 Å². The van der Waals surface area contributed by atoms with Crippen molar-refractivity contribution in [1.29, 1.82) is 0 Å². The minimum absolute atomic E-state index is 0.120. The smallest absolute Gasteiger partial charge is 0.307 e. The second kappa shape index (κ2) is 9.36. The van der Waals surface area contributed by atoms with E-state index in [1.54, 1.807) is 24.3 Å². The molecule has 136 valence electrons. The van der Waals surface area contributed by atoms with Crippen molar-refractivity contribution in [2.75, 3.05) is 19.0 Å². The van der Waals surface area contributed by atoms with Crippen molar-refractivity contribution < 1.29 is 19.1 Å². The molecule has 0 aliphatic heterocycles. The highest BCUT2D eigenvalue weighted by Gasteiger charge is 2.08. The van der Waals surface area contributed by atoms with Gasteiger partial charge in [-0.25, -0.2) is 0 Å². The molecule has 2 aromatic rings. The van der Waals surface area contributed by atoms with Gasteiger partial charge in [0.25, 0.3) is 5.91 Å². The fourth-order valence-corrected chi connectivity index (χ4v) is 2.28. The summed E-state index contributed by atoms with van der Waals surface area (Å²) in [6.45, 7) is 2.21. The maximum atomic E-state index is 12.1. The number of hydrogen-bond donors (Lipinski definition) is 2. The van der Waals surface area contributed by atoms with Crippen LogP contribution in [0.2, 0.25) is 0 Å². The van der Waals surface area contributed by atoms with Crippen molar-refractivity contribution >= 4 is 23.5 Å². The summed E-state index contributed by atoms with van der Waals surface area (Å²) in [4.78, 5) is 35.1. The molecule has 0 fully saturated rings. The van der Waals surface area contributed by atoms with Gasteiger partial charge in [-0.2, -0.15) is 0 Å². The van der Waals surface area contributed by atoms with Gasteiger partial charge in [-0.3, -0.25) is 14.4 Å². The zero-order chi connectivity index (χ0) is 18.9. The Bertz CT molecular complexity index is 767. The number of carbonyl (C=O) groups is 3. The summed E-state index contributed by atoms with van der Waals surface area (Å²) in [5.74, 6) is -0.785. The fourth-order valence-electron chi connectivity index (χ4n) is 2.28. The van der Waals surface area contributed by atoms with E-state index >= 15 is 0 Å². The molecule has 0 saturated carbocycles. The van der Waals surface area contributed by atoms with Crippen LogP contribution in [0.5, 0.6) is 0 Å². The van der Waals surface area contributed by atoms with E-state index in [0.717, 1.165) is 11.1 Å². The third-order valence-corrected chi connectivity index (χ3v) is 3.76. The van der Waals surface area contributed by atoms with E-state index in [4.69, 9.17) is 0 Å². The Hall–Kier alpha value is -3.15. The number of aryl methyl sites for hydroxylation is 1. The normalized spacial score (nSPS) is 10.1. The predicted octanol–water partition coefficient (Wildman–Crippen LogP) is 2.47. The van der Waals surface area contributed by atoms with Crippen LogP contribution in [0.1, 0.15) is 27.9 Å². The van der Waals surface area contributed by atoms with Crippen LogP contribution in [0, 0.1) is 6.92 Å². The summed E-state index contributed by atoms with van der Waals surface area (Å²) >= 11 is 0. The highest BCUT2D eigenvalue weighted by atomic mass is 16.5. The van der Waals surface area contributed by atoms with Gasteiger partial charge in [-0.15, -0.1) is 0 Å². The number of amides is 2. The Morgan fingerprint density at radius 3 is 2.23 bits per heavy atom. The van der Waals surface area contributed by atoms with Crippen molar-refractivity contribution in [2.45, 2.75) is 19.8 Å². The lowest BCUT2D eigenvalue weighted by molar-refractivity contribution is -0.140. The fraction of sp³-hybridized carbons (Fsp3) is 0.250. The summed E-state index contributed by atoms with van der Waals surface area (Å²) in [7, 11) is 1.30. The average molecular weight is 354 g/mol. The summed E-state index contributed by atoms with van der Waals surface area (Å²) in [6, 6.07) is 14.4. The maximum absolute atomic E-state index is 12.1. The Kier molecular flexibility index (Phi) is 6.91. The van der Waals surface area contributed by atoms with E-state index in [-0.39, 0.29) is 37.2 Å². The Labute approximate surface area is 152 Å². The number of benzene rings is 2. The van der Waals surface area contributed by atoms with E-state index in [1.807, 2.05) is 31.2 Å². The van der Waals surface area contributed by atoms with Gasteiger partial charge in [-0.1, -0.05) is 29.8 Å². The molecule has 2 amide bonds. The minimum Gasteiger partial charge on any atom is -0.469 e. The van der Waals surface area contributed by atoms with Gasteiger partial charge in [0.15, 0.2) is 0 Å². The van der Waals surface area contributed by atoms with Crippen molar-refractivity contribution in [3.63, 3.8) is 0 Å². The number of carbonyl (C=O) groups excluding carboxylic acids is 3.